The highest BCUT2D eigenvalue weighted by molar-refractivity contribution is 6.01. The first-order valence-electron chi connectivity index (χ1n) is 11.2. The Bertz CT molecular complexity index is 867. The second-order valence-electron chi connectivity index (χ2n) is 8.76. The van der Waals surface area contributed by atoms with Crippen LogP contribution in [0.5, 0.6) is 0 Å². The number of halogens is 1. The molecule has 9 heteroatoms. The molecular weight excluding hydrogens is 415 g/mol. The topological polar surface area (TPSA) is 113 Å². The molecule has 2 heterocycles. The number of carbonyl (C=O) groups excluding carboxylic acids is 4. The minimum Gasteiger partial charge on any atom is -0.369 e. The lowest BCUT2D eigenvalue weighted by Crippen LogP contribution is -2.55. The van der Waals surface area contributed by atoms with Gasteiger partial charge in [0, 0.05) is 37.7 Å². The number of nitrogens with two attached hydrogens (primary N) is 1. The summed E-state index contributed by atoms with van der Waals surface area (Å²) >= 11 is 0. The van der Waals surface area contributed by atoms with Crippen LogP contribution in [0.4, 0.5) is 10.1 Å². The Balaban J connectivity index is 1.65. The highest BCUT2D eigenvalue weighted by Gasteiger charge is 2.39. The van der Waals surface area contributed by atoms with Crippen LogP contribution < -0.4 is 16.0 Å². The van der Waals surface area contributed by atoms with E-state index in [4.69, 9.17) is 5.73 Å². The number of hydrogen-bond donors (Lipinski definition) is 2. The van der Waals surface area contributed by atoms with Gasteiger partial charge in [-0.2, -0.15) is 0 Å². The molecule has 3 atom stereocenters. The monoisotopic (exact) mass is 446 g/mol. The summed E-state index contributed by atoms with van der Waals surface area (Å²) < 4.78 is 13.2. The third-order valence-corrected chi connectivity index (χ3v) is 6.62. The van der Waals surface area contributed by atoms with Gasteiger partial charge in [0.05, 0.1) is 5.92 Å². The van der Waals surface area contributed by atoms with Gasteiger partial charge in [-0.25, -0.2) is 4.39 Å². The summed E-state index contributed by atoms with van der Waals surface area (Å²) in [5.41, 5.74) is 5.92. The van der Waals surface area contributed by atoms with Gasteiger partial charge in [-0.1, -0.05) is 20.3 Å². The van der Waals surface area contributed by atoms with Crippen LogP contribution in [0.1, 0.15) is 39.5 Å². The predicted octanol–water partition coefficient (Wildman–Crippen LogP) is 1.43. The number of carbonyl (C=O) groups is 4. The summed E-state index contributed by atoms with van der Waals surface area (Å²) in [6.45, 7) is 4.89. The fraction of sp³-hybridized carbons (Fsp3) is 0.565. The first-order chi connectivity index (χ1) is 15.2. The SMILES string of the molecule is CCC(C)C(NC(=O)C1CC(=O)N(c2ccc(F)cc2)C1)C(=O)N1CCC(C(N)=O)CC1. The van der Waals surface area contributed by atoms with Crippen LogP contribution >= 0.6 is 0 Å². The number of piperidine rings is 1. The van der Waals surface area contributed by atoms with E-state index in [9.17, 15) is 23.6 Å². The lowest BCUT2D eigenvalue weighted by molar-refractivity contribution is -0.141. The summed E-state index contributed by atoms with van der Waals surface area (Å²) in [4.78, 5) is 53.2. The second-order valence-corrected chi connectivity index (χ2v) is 8.76. The number of primary amides is 1. The van der Waals surface area contributed by atoms with Crippen molar-refractivity contribution in [1.29, 1.82) is 0 Å². The molecular formula is C23H31FN4O4. The van der Waals surface area contributed by atoms with E-state index in [-0.39, 0.29) is 48.4 Å². The number of nitrogens with one attached hydrogen (secondary N) is 1. The molecule has 3 rings (SSSR count). The molecule has 8 nitrogen and oxygen atoms in total. The molecule has 3 unspecified atom stereocenters. The summed E-state index contributed by atoms with van der Waals surface area (Å²) in [6, 6.07) is 4.86. The molecule has 0 aliphatic carbocycles. The minimum atomic E-state index is -0.701. The van der Waals surface area contributed by atoms with Crippen molar-refractivity contribution >= 4 is 29.3 Å². The Morgan fingerprint density at radius 1 is 1.16 bits per heavy atom. The molecule has 2 fully saturated rings. The maximum atomic E-state index is 13.2. The first kappa shape index (κ1) is 23.7. The zero-order chi connectivity index (χ0) is 23.4. The molecule has 3 N–H and O–H groups in total. The molecule has 2 aliphatic heterocycles. The van der Waals surface area contributed by atoms with Gasteiger partial charge >= 0.3 is 0 Å². The standard InChI is InChI=1S/C23H31FN4O4/c1-3-14(2)20(23(32)27-10-8-15(9-11-27)21(25)30)26-22(31)16-12-19(29)28(13-16)18-6-4-17(24)5-7-18/h4-7,14-16,20H,3,8-13H2,1-2H3,(H2,25,30)(H,26,31). The average Bonchev–Trinajstić information content (AvgIpc) is 3.18. The molecule has 0 radical (unpaired) electrons. The van der Waals surface area contributed by atoms with E-state index in [0.717, 1.165) is 0 Å². The number of benzene rings is 1. The third kappa shape index (κ3) is 5.26. The van der Waals surface area contributed by atoms with Crippen LogP contribution in [-0.2, 0) is 19.2 Å². The van der Waals surface area contributed by atoms with Crippen molar-refractivity contribution in [2.24, 2.45) is 23.5 Å². The molecule has 0 aromatic heterocycles. The second kappa shape index (κ2) is 10.1. The van der Waals surface area contributed by atoms with Crippen molar-refractivity contribution in [1.82, 2.24) is 10.2 Å². The number of hydrogen-bond acceptors (Lipinski definition) is 4. The van der Waals surface area contributed by atoms with Crippen LogP contribution in [-0.4, -0.2) is 54.2 Å². The summed E-state index contributed by atoms with van der Waals surface area (Å²) in [7, 11) is 0. The van der Waals surface area contributed by atoms with E-state index in [1.54, 1.807) is 4.90 Å². The number of likely N-dealkylation sites (tertiary alicyclic amines) is 1. The van der Waals surface area contributed by atoms with Crippen LogP contribution in [0.15, 0.2) is 24.3 Å². The normalized spacial score (nSPS) is 21.3. The minimum absolute atomic E-state index is 0.0363. The van der Waals surface area contributed by atoms with E-state index in [1.807, 2.05) is 13.8 Å². The van der Waals surface area contributed by atoms with Crippen LogP contribution in [0.25, 0.3) is 0 Å². The number of rotatable bonds is 7. The molecule has 0 bridgehead atoms. The van der Waals surface area contributed by atoms with Crippen LogP contribution in [0.2, 0.25) is 0 Å². The van der Waals surface area contributed by atoms with E-state index in [2.05, 4.69) is 5.32 Å². The quantitative estimate of drug-likeness (QED) is 0.660. The molecule has 0 saturated carbocycles. The van der Waals surface area contributed by atoms with Gasteiger partial charge in [-0.15, -0.1) is 0 Å². The largest absolute Gasteiger partial charge is 0.369 e. The molecule has 2 saturated heterocycles. The van der Waals surface area contributed by atoms with E-state index in [0.29, 0.717) is 38.0 Å². The van der Waals surface area contributed by atoms with E-state index < -0.39 is 17.8 Å². The maximum Gasteiger partial charge on any atom is 0.245 e. The van der Waals surface area contributed by atoms with Gasteiger partial charge < -0.3 is 20.9 Å². The summed E-state index contributed by atoms with van der Waals surface area (Å²) in [5, 5.41) is 2.88. The third-order valence-electron chi connectivity index (χ3n) is 6.62. The summed E-state index contributed by atoms with van der Waals surface area (Å²) in [6.07, 6.45) is 1.77. The summed E-state index contributed by atoms with van der Waals surface area (Å²) in [5.74, 6) is -2.37. The number of anilines is 1. The van der Waals surface area contributed by atoms with Crippen molar-refractivity contribution in [3.05, 3.63) is 30.1 Å². The average molecular weight is 447 g/mol. The van der Waals surface area contributed by atoms with Crippen molar-refractivity contribution in [2.45, 2.75) is 45.6 Å². The molecule has 1 aromatic rings. The van der Waals surface area contributed by atoms with E-state index >= 15 is 0 Å². The van der Waals surface area contributed by atoms with Crippen molar-refractivity contribution < 1.29 is 23.6 Å². The van der Waals surface area contributed by atoms with Gasteiger partial charge in [-0.05, 0) is 43.0 Å². The molecule has 4 amide bonds. The fourth-order valence-corrected chi connectivity index (χ4v) is 4.29. The predicted molar refractivity (Wildman–Crippen MR) is 117 cm³/mol. The Hall–Kier alpha value is -2.97. The van der Waals surface area contributed by atoms with Crippen molar-refractivity contribution in [3.63, 3.8) is 0 Å². The van der Waals surface area contributed by atoms with Gasteiger partial charge in [0.2, 0.25) is 23.6 Å². The highest BCUT2D eigenvalue weighted by atomic mass is 19.1. The Morgan fingerprint density at radius 3 is 2.34 bits per heavy atom. The lowest BCUT2D eigenvalue weighted by atomic mass is 9.93. The zero-order valence-electron chi connectivity index (χ0n) is 18.6. The smallest absolute Gasteiger partial charge is 0.245 e. The maximum absolute atomic E-state index is 13.2. The zero-order valence-corrected chi connectivity index (χ0v) is 18.6. The first-order valence-corrected chi connectivity index (χ1v) is 11.2. The van der Waals surface area contributed by atoms with Crippen LogP contribution in [0, 0.1) is 23.6 Å². The Labute approximate surface area is 187 Å². The molecule has 174 valence electrons. The lowest BCUT2D eigenvalue weighted by Gasteiger charge is -2.35. The molecule has 1 aromatic carbocycles. The molecule has 2 aliphatic rings. The van der Waals surface area contributed by atoms with E-state index in [1.165, 1.54) is 29.2 Å². The number of nitrogens with zero attached hydrogens (tertiary/aromatic N) is 2. The van der Waals surface area contributed by atoms with Gasteiger partial charge in [0.25, 0.3) is 0 Å². The van der Waals surface area contributed by atoms with Crippen molar-refractivity contribution in [2.75, 3.05) is 24.5 Å². The molecule has 0 spiro atoms. The van der Waals surface area contributed by atoms with Gasteiger partial charge in [0.15, 0.2) is 0 Å². The van der Waals surface area contributed by atoms with Crippen molar-refractivity contribution in [3.8, 4) is 0 Å². The number of amides is 4. The Morgan fingerprint density at radius 2 is 1.78 bits per heavy atom. The highest BCUT2D eigenvalue weighted by Crippen LogP contribution is 2.26. The Kier molecular flexibility index (Phi) is 7.48. The van der Waals surface area contributed by atoms with Gasteiger partial charge in [-0.3, -0.25) is 19.2 Å². The fourth-order valence-electron chi connectivity index (χ4n) is 4.29. The van der Waals surface area contributed by atoms with Gasteiger partial charge in [0.1, 0.15) is 11.9 Å². The molecule has 32 heavy (non-hydrogen) atoms. The van der Waals surface area contributed by atoms with Crippen LogP contribution in [0.3, 0.4) is 0 Å².